The zero-order valence-electron chi connectivity index (χ0n) is 9.20. The smallest absolute Gasteiger partial charge is 0.135 e. The van der Waals surface area contributed by atoms with Crippen LogP contribution in [0.5, 0.6) is 0 Å². The van der Waals surface area contributed by atoms with Crippen LogP contribution in [-0.4, -0.2) is 16.0 Å². The third-order valence-electron chi connectivity index (χ3n) is 2.59. The van der Waals surface area contributed by atoms with Gasteiger partial charge in [-0.2, -0.15) is 0 Å². The summed E-state index contributed by atoms with van der Waals surface area (Å²) < 4.78 is 0.818. The minimum absolute atomic E-state index is 0.0360. The van der Waals surface area contributed by atoms with Crippen molar-refractivity contribution in [2.75, 3.05) is 5.32 Å². The van der Waals surface area contributed by atoms with Gasteiger partial charge in [0.1, 0.15) is 16.2 Å². The third-order valence-corrected chi connectivity index (χ3v) is 2.99. The molecule has 0 amide bonds. The van der Waals surface area contributed by atoms with E-state index in [-0.39, 0.29) is 6.04 Å². The topological polar surface area (TPSA) is 37.8 Å². The van der Waals surface area contributed by atoms with Crippen LogP contribution in [0.25, 0.3) is 0 Å². The fourth-order valence-corrected chi connectivity index (χ4v) is 1.87. The zero-order valence-corrected chi connectivity index (χ0v) is 10.8. The van der Waals surface area contributed by atoms with Crippen molar-refractivity contribution in [3.63, 3.8) is 0 Å². The quantitative estimate of drug-likeness (QED) is 0.680. The first-order valence-electron chi connectivity index (χ1n) is 5.50. The van der Waals surface area contributed by atoms with Crippen LogP contribution in [0.3, 0.4) is 0 Å². The second-order valence-corrected chi connectivity index (χ2v) is 4.79. The summed E-state index contributed by atoms with van der Waals surface area (Å²) in [6.07, 6.45) is 8.69. The minimum atomic E-state index is 0.0360. The molecule has 1 fully saturated rings. The Balaban J connectivity index is 2.17. The molecule has 4 heteroatoms. The van der Waals surface area contributed by atoms with Crippen molar-refractivity contribution in [1.82, 2.24) is 9.97 Å². The van der Waals surface area contributed by atoms with Crippen molar-refractivity contribution in [1.29, 1.82) is 0 Å². The number of hydrogen-bond acceptors (Lipinski definition) is 3. The Labute approximate surface area is 104 Å². The lowest BCUT2D eigenvalue weighted by Gasteiger charge is -2.12. The van der Waals surface area contributed by atoms with E-state index >= 15 is 0 Å². The SMILES string of the molecule is C#CC(CC)Nc1cc(Br)nc(C2CC2)n1. The molecule has 0 aromatic carbocycles. The highest BCUT2D eigenvalue weighted by molar-refractivity contribution is 9.10. The number of hydrogen-bond donors (Lipinski definition) is 1. The number of aromatic nitrogens is 2. The average molecular weight is 280 g/mol. The van der Waals surface area contributed by atoms with Crippen molar-refractivity contribution in [2.45, 2.75) is 38.1 Å². The molecule has 0 radical (unpaired) electrons. The van der Waals surface area contributed by atoms with Crippen LogP contribution < -0.4 is 5.32 Å². The van der Waals surface area contributed by atoms with Gasteiger partial charge in [-0.1, -0.05) is 12.8 Å². The van der Waals surface area contributed by atoms with E-state index in [0.717, 1.165) is 22.7 Å². The molecule has 1 unspecified atom stereocenters. The van der Waals surface area contributed by atoms with Gasteiger partial charge in [0.05, 0.1) is 6.04 Å². The Morgan fingerprint density at radius 3 is 2.94 bits per heavy atom. The van der Waals surface area contributed by atoms with Crippen LogP contribution in [0.2, 0.25) is 0 Å². The van der Waals surface area contributed by atoms with Crippen LogP contribution in [0.4, 0.5) is 5.82 Å². The second-order valence-electron chi connectivity index (χ2n) is 3.98. The summed E-state index contributed by atoms with van der Waals surface area (Å²) in [6.45, 7) is 2.05. The summed E-state index contributed by atoms with van der Waals surface area (Å²) in [4.78, 5) is 8.85. The lowest BCUT2D eigenvalue weighted by Crippen LogP contribution is -2.17. The Bertz CT molecular complexity index is 421. The fourth-order valence-electron chi connectivity index (χ4n) is 1.47. The minimum Gasteiger partial charge on any atom is -0.356 e. The van der Waals surface area contributed by atoms with Gasteiger partial charge >= 0.3 is 0 Å². The Morgan fingerprint density at radius 1 is 1.62 bits per heavy atom. The first kappa shape index (κ1) is 11.4. The van der Waals surface area contributed by atoms with E-state index in [1.807, 2.05) is 6.07 Å². The molecule has 0 bridgehead atoms. The molecule has 1 saturated carbocycles. The van der Waals surface area contributed by atoms with Gasteiger partial charge in [0.2, 0.25) is 0 Å². The van der Waals surface area contributed by atoms with Gasteiger partial charge in [-0.05, 0) is 35.2 Å². The highest BCUT2D eigenvalue weighted by Gasteiger charge is 2.27. The van der Waals surface area contributed by atoms with Gasteiger partial charge in [-0.3, -0.25) is 0 Å². The lowest BCUT2D eigenvalue weighted by molar-refractivity contribution is 0.836. The number of halogens is 1. The summed E-state index contributed by atoms with van der Waals surface area (Å²) in [7, 11) is 0. The number of anilines is 1. The standard InChI is InChI=1S/C12H14BrN3/c1-3-9(4-2)14-11-7-10(13)15-12(16-11)8-5-6-8/h1,7-9H,4-6H2,2H3,(H,14,15,16). The maximum atomic E-state index is 5.41. The molecule has 16 heavy (non-hydrogen) atoms. The molecule has 1 aliphatic carbocycles. The number of nitrogens with zero attached hydrogens (tertiary/aromatic N) is 2. The summed E-state index contributed by atoms with van der Waals surface area (Å²) in [5, 5.41) is 3.22. The van der Waals surface area contributed by atoms with Crippen molar-refractivity contribution < 1.29 is 0 Å². The molecule has 1 atom stereocenters. The molecular weight excluding hydrogens is 266 g/mol. The molecule has 0 spiro atoms. The van der Waals surface area contributed by atoms with Gasteiger partial charge in [0.25, 0.3) is 0 Å². The predicted octanol–water partition coefficient (Wildman–Crippen LogP) is 2.94. The predicted molar refractivity (Wildman–Crippen MR) is 68.2 cm³/mol. The Hall–Kier alpha value is -1.08. The van der Waals surface area contributed by atoms with Crippen LogP contribution in [0.15, 0.2) is 10.7 Å². The molecule has 1 aromatic rings. The molecule has 1 aliphatic rings. The number of rotatable bonds is 4. The third kappa shape index (κ3) is 2.73. The lowest BCUT2D eigenvalue weighted by atomic mass is 10.2. The molecule has 0 saturated heterocycles. The first-order valence-corrected chi connectivity index (χ1v) is 6.29. The molecule has 0 aliphatic heterocycles. The van der Waals surface area contributed by atoms with E-state index in [9.17, 15) is 0 Å². The molecule has 2 rings (SSSR count). The summed E-state index contributed by atoms with van der Waals surface area (Å²) in [5.41, 5.74) is 0. The van der Waals surface area contributed by atoms with E-state index in [4.69, 9.17) is 6.42 Å². The monoisotopic (exact) mass is 279 g/mol. The van der Waals surface area contributed by atoms with Crippen molar-refractivity contribution in [3.8, 4) is 12.3 Å². The molecular formula is C12H14BrN3. The fraction of sp³-hybridized carbons (Fsp3) is 0.500. The van der Waals surface area contributed by atoms with Gasteiger partial charge < -0.3 is 5.32 Å². The molecule has 1 N–H and O–H groups in total. The van der Waals surface area contributed by atoms with Crippen molar-refractivity contribution in [3.05, 3.63) is 16.5 Å². The average Bonchev–Trinajstić information content (AvgIpc) is 3.08. The molecule has 1 aromatic heterocycles. The van der Waals surface area contributed by atoms with E-state index in [2.05, 4.69) is 44.1 Å². The van der Waals surface area contributed by atoms with E-state index < -0.39 is 0 Å². The maximum Gasteiger partial charge on any atom is 0.135 e. The first-order chi connectivity index (χ1) is 7.72. The highest BCUT2D eigenvalue weighted by atomic mass is 79.9. The Morgan fingerprint density at radius 2 is 2.38 bits per heavy atom. The van der Waals surface area contributed by atoms with Crippen LogP contribution in [0, 0.1) is 12.3 Å². The summed E-state index contributed by atoms with van der Waals surface area (Å²) in [5.74, 6) is 4.98. The largest absolute Gasteiger partial charge is 0.356 e. The maximum absolute atomic E-state index is 5.41. The summed E-state index contributed by atoms with van der Waals surface area (Å²) >= 11 is 3.40. The van der Waals surface area contributed by atoms with Gasteiger partial charge in [-0.25, -0.2) is 9.97 Å². The number of terminal acetylenes is 1. The molecule has 3 nitrogen and oxygen atoms in total. The van der Waals surface area contributed by atoms with Crippen molar-refractivity contribution >= 4 is 21.7 Å². The van der Waals surface area contributed by atoms with Crippen LogP contribution in [-0.2, 0) is 0 Å². The van der Waals surface area contributed by atoms with Gasteiger partial charge in [-0.15, -0.1) is 6.42 Å². The molecule has 1 heterocycles. The van der Waals surface area contributed by atoms with E-state index in [1.54, 1.807) is 0 Å². The zero-order chi connectivity index (χ0) is 11.5. The van der Waals surface area contributed by atoms with Crippen LogP contribution in [0.1, 0.15) is 37.9 Å². The normalized spacial score (nSPS) is 16.6. The van der Waals surface area contributed by atoms with E-state index in [0.29, 0.717) is 5.92 Å². The highest BCUT2D eigenvalue weighted by Crippen LogP contribution is 2.38. The van der Waals surface area contributed by atoms with Gasteiger partial charge in [0, 0.05) is 12.0 Å². The van der Waals surface area contributed by atoms with Crippen molar-refractivity contribution in [2.24, 2.45) is 0 Å². The summed E-state index contributed by atoms with van der Waals surface area (Å²) in [6, 6.07) is 1.90. The molecule has 84 valence electrons. The van der Waals surface area contributed by atoms with Crippen LogP contribution >= 0.6 is 15.9 Å². The Kier molecular flexibility index (Phi) is 3.45. The number of nitrogens with one attached hydrogen (secondary N) is 1. The second kappa shape index (κ2) is 4.84. The van der Waals surface area contributed by atoms with Gasteiger partial charge in [0.15, 0.2) is 0 Å². The van der Waals surface area contributed by atoms with E-state index in [1.165, 1.54) is 12.8 Å².